The normalized spacial score (nSPS) is 10.6. The smallest absolute Gasteiger partial charge is 0.253 e. The van der Waals surface area contributed by atoms with Crippen molar-refractivity contribution in [2.45, 2.75) is 6.54 Å². The van der Waals surface area contributed by atoms with Gasteiger partial charge in [-0.25, -0.2) is 4.99 Å². The van der Waals surface area contributed by atoms with E-state index >= 15 is 0 Å². The Hall–Kier alpha value is -1.88. The van der Waals surface area contributed by atoms with Crippen LogP contribution < -0.4 is 10.6 Å². The van der Waals surface area contributed by atoms with E-state index in [1.807, 2.05) is 12.1 Å². The monoisotopic (exact) mass is 491 g/mol. The number of aliphatic imine (C=N–C) groups is 1. The predicted octanol–water partition coefficient (Wildman–Crippen LogP) is 0.776. The van der Waals surface area contributed by atoms with Crippen molar-refractivity contribution in [2.75, 3.05) is 55.0 Å². The number of hydrogen-bond acceptors (Lipinski definition) is 4. The third-order valence-electron chi connectivity index (χ3n) is 3.53. The zero-order valence-corrected chi connectivity index (χ0v) is 18.9. The van der Waals surface area contributed by atoms with Gasteiger partial charge in [-0.1, -0.05) is 12.1 Å². The first-order valence-corrected chi connectivity index (χ1v) is 8.37. The summed E-state index contributed by atoms with van der Waals surface area (Å²) in [6.07, 6.45) is 0. The molecule has 1 aromatic carbocycles. The highest BCUT2D eigenvalue weighted by molar-refractivity contribution is 14.0. The van der Waals surface area contributed by atoms with Gasteiger partial charge >= 0.3 is 0 Å². The summed E-state index contributed by atoms with van der Waals surface area (Å²) in [5.41, 5.74) is 1.60. The number of methoxy groups -OCH3 is 1. The summed E-state index contributed by atoms with van der Waals surface area (Å²) in [6, 6.07) is 7.32. The molecule has 8 nitrogen and oxygen atoms in total. The van der Waals surface area contributed by atoms with Crippen molar-refractivity contribution in [3.63, 3.8) is 0 Å². The van der Waals surface area contributed by atoms with Crippen LogP contribution in [0.15, 0.2) is 29.3 Å². The Morgan fingerprint density at radius 2 is 1.67 bits per heavy atom. The third kappa shape index (κ3) is 9.57. The summed E-state index contributed by atoms with van der Waals surface area (Å²) < 4.78 is 5.02. The van der Waals surface area contributed by atoms with Gasteiger partial charge in [-0.2, -0.15) is 0 Å². The predicted molar refractivity (Wildman–Crippen MR) is 118 cm³/mol. The number of benzene rings is 1. The Kier molecular flexibility index (Phi) is 12.4. The van der Waals surface area contributed by atoms with Crippen LogP contribution in [0, 0.1) is 0 Å². The molecule has 0 aliphatic rings. The van der Waals surface area contributed by atoms with Crippen molar-refractivity contribution in [1.82, 2.24) is 20.4 Å². The molecule has 1 rings (SSSR count). The van der Waals surface area contributed by atoms with Crippen LogP contribution in [0.1, 0.15) is 15.9 Å². The summed E-state index contributed by atoms with van der Waals surface area (Å²) >= 11 is 0. The van der Waals surface area contributed by atoms with E-state index in [1.54, 1.807) is 47.4 Å². The first kappa shape index (κ1) is 25.1. The minimum Gasteiger partial charge on any atom is -0.383 e. The van der Waals surface area contributed by atoms with Crippen LogP contribution in [0.5, 0.6) is 0 Å². The number of hydrogen-bond donors (Lipinski definition) is 2. The zero-order chi connectivity index (χ0) is 19.5. The van der Waals surface area contributed by atoms with Crippen molar-refractivity contribution in [2.24, 2.45) is 4.99 Å². The number of amides is 2. The Labute approximate surface area is 178 Å². The van der Waals surface area contributed by atoms with E-state index in [1.165, 1.54) is 9.80 Å². The molecule has 0 spiro atoms. The van der Waals surface area contributed by atoms with Crippen LogP contribution in [0.3, 0.4) is 0 Å². The summed E-state index contributed by atoms with van der Waals surface area (Å²) in [5.74, 6) is 0.453. The number of nitrogens with one attached hydrogen (secondary N) is 2. The molecule has 0 radical (unpaired) electrons. The number of ether oxygens (including phenoxy) is 1. The van der Waals surface area contributed by atoms with Crippen molar-refractivity contribution < 1.29 is 14.3 Å². The number of nitrogens with zero attached hydrogens (tertiary/aromatic N) is 3. The lowest BCUT2D eigenvalue weighted by Crippen LogP contribution is -2.43. The van der Waals surface area contributed by atoms with Gasteiger partial charge in [-0.15, -0.1) is 24.0 Å². The zero-order valence-electron chi connectivity index (χ0n) is 16.6. The Bertz CT molecular complexity index is 618. The number of carbonyl (C=O) groups excluding carboxylic acids is 2. The first-order chi connectivity index (χ1) is 12.3. The molecule has 2 amide bonds. The minimum atomic E-state index is -0.0437. The van der Waals surface area contributed by atoms with Crippen LogP contribution in [0.4, 0.5) is 0 Å². The highest BCUT2D eigenvalue weighted by Gasteiger charge is 2.08. The fraction of sp³-hybridized carbons (Fsp3) is 0.500. The molecule has 27 heavy (non-hydrogen) atoms. The largest absolute Gasteiger partial charge is 0.383 e. The standard InChI is InChI=1S/C18H29N5O3.HI/c1-22(2)16(24)13-21-18(19-10-11-26-5)20-12-14-6-8-15(9-7-14)17(25)23(3)4;/h6-9H,10-13H2,1-5H3,(H2,19,20,21);1H. The molecule has 2 N–H and O–H groups in total. The average molecular weight is 491 g/mol. The minimum absolute atomic E-state index is 0. The summed E-state index contributed by atoms with van der Waals surface area (Å²) in [7, 11) is 8.47. The molecule has 0 aliphatic heterocycles. The second-order valence-electron chi connectivity index (χ2n) is 6.12. The molecule has 0 fully saturated rings. The van der Waals surface area contributed by atoms with Crippen LogP contribution in [-0.2, 0) is 16.1 Å². The maximum Gasteiger partial charge on any atom is 0.253 e. The van der Waals surface area contributed by atoms with E-state index in [0.717, 1.165) is 5.56 Å². The van der Waals surface area contributed by atoms with Gasteiger partial charge in [-0.3, -0.25) is 9.59 Å². The van der Waals surface area contributed by atoms with E-state index in [4.69, 9.17) is 4.74 Å². The second kappa shape index (κ2) is 13.3. The molecular formula is C18H30IN5O3. The van der Waals surface area contributed by atoms with E-state index in [9.17, 15) is 9.59 Å². The molecule has 0 saturated carbocycles. The fourth-order valence-corrected chi connectivity index (χ4v) is 1.94. The maximum absolute atomic E-state index is 11.9. The topological polar surface area (TPSA) is 86.3 Å². The number of guanidine groups is 1. The molecule has 0 bridgehead atoms. The SMILES string of the molecule is COCCNC(=NCc1ccc(C(=O)N(C)C)cc1)NCC(=O)N(C)C.I. The molecule has 0 saturated heterocycles. The van der Waals surface area contributed by atoms with Gasteiger partial charge in [0.05, 0.1) is 19.7 Å². The van der Waals surface area contributed by atoms with Crippen molar-refractivity contribution >= 4 is 41.8 Å². The molecule has 0 heterocycles. The number of carbonyl (C=O) groups is 2. The van der Waals surface area contributed by atoms with E-state index in [0.29, 0.717) is 31.2 Å². The van der Waals surface area contributed by atoms with Crippen molar-refractivity contribution in [3.05, 3.63) is 35.4 Å². The molecule has 9 heteroatoms. The number of halogens is 1. The van der Waals surface area contributed by atoms with Gasteiger partial charge in [0.25, 0.3) is 5.91 Å². The number of likely N-dealkylation sites (N-methyl/N-ethyl adjacent to an activating group) is 1. The summed E-state index contributed by atoms with van der Waals surface area (Å²) in [4.78, 5) is 31.2. The van der Waals surface area contributed by atoms with Gasteiger partial charge in [0.15, 0.2) is 5.96 Å². The maximum atomic E-state index is 11.9. The van der Waals surface area contributed by atoms with E-state index < -0.39 is 0 Å². The van der Waals surface area contributed by atoms with Crippen molar-refractivity contribution in [3.8, 4) is 0 Å². The van der Waals surface area contributed by atoms with Crippen LogP contribution in [0.2, 0.25) is 0 Å². The lowest BCUT2D eigenvalue weighted by atomic mass is 10.1. The van der Waals surface area contributed by atoms with E-state index in [-0.39, 0.29) is 42.3 Å². The van der Waals surface area contributed by atoms with Gasteiger partial charge in [-0.05, 0) is 17.7 Å². The second-order valence-corrected chi connectivity index (χ2v) is 6.12. The van der Waals surface area contributed by atoms with Crippen LogP contribution >= 0.6 is 24.0 Å². The highest BCUT2D eigenvalue weighted by atomic mass is 127. The van der Waals surface area contributed by atoms with Gasteiger partial charge in [0.2, 0.25) is 5.91 Å². The lowest BCUT2D eigenvalue weighted by molar-refractivity contribution is -0.127. The Morgan fingerprint density at radius 3 is 2.19 bits per heavy atom. The first-order valence-electron chi connectivity index (χ1n) is 8.37. The lowest BCUT2D eigenvalue weighted by Gasteiger charge is -2.15. The molecule has 0 atom stereocenters. The fourth-order valence-electron chi connectivity index (χ4n) is 1.94. The van der Waals surface area contributed by atoms with Crippen LogP contribution in [-0.4, -0.2) is 82.6 Å². The summed E-state index contributed by atoms with van der Waals surface area (Å²) in [5, 5.41) is 6.12. The van der Waals surface area contributed by atoms with Crippen LogP contribution in [0.25, 0.3) is 0 Å². The van der Waals surface area contributed by atoms with Gasteiger partial charge < -0.3 is 25.2 Å². The molecular weight excluding hydrogens is 461 g/mol. The van der Waals surface area contributed by atoms with Gasteiger partial charge in [0.1, 0.15) is 0 Å². The molecule has 152 valence electrons. The molecule has 0 unspecified atom stereocenters. The number of rotatable bonds is 8. The average Bonchev–Trinajstić information content (AvgIpc) is 2.62. The molecule has 1 aromatic rings. The third-order valence-corrected chi connectivity index (χ3v) is 3.53. The van der Waals surface area contributed by atoms with Crippen molar-refractivity contribution in [1.29, 1.82) is 0 Å². The highest BCUT2D eigenvalue weighted by Crippen LogP contribution is 2.07. The van der Waals surface area contributed by atoms with Gasteiger partial charge in [0, 0.05) is 47.4 Å². The Morgan fingerprint density at radius 1 is 1.04 bits per heavy atom. The summed E-state index contributed by atoms with van der Waals surface area (Å²) in [6.45, 7) is 1.69. The molecule has 0 aromatic heterocycles. The quantitative estimate of drug-likeness (QED) is 0.243. The van der Waals surface area contributed by atoms with E-state index in [2.05, 4.69) is 15.6 Å². The Balaban J connectivity index is 0.00000676. The molecule has 0 aliphatic carbocycles.